The molecule has 0 radical (unpaired) electrons. The summed E-state index contributed by atoms with van der Waals surface area (Å²) in [5, 5.41) is 14.9. The topological polar surface area (TPSA) is 63.5 Å². The molecule has 0 atom stereocenters. The maximum Gasteiger partial charge on any atom is 0.335 e. The van der Waals surface area contributed by atoms with Crippen LogP contribution in [-0.4, -0.2) is 22.8 Å². The highest BCUT2D eigenvalue weighted by Crippen LogP contribution is 2.29. The van der Waals surface area contributed by atoms with Crippen molar-refractivity contribution in [2.24, 2.45) is 0 Å². The first-order chi connectivity index (χ1) is 15.0. The number of hydrogen-bond acceptors (Lipinski definition) is 3. The van der Waals surface area contributed by atoms with Crippen LogP contribution in [0.25, 0.3) is 10.9 Å². The lowest BCUT2D eigenvalue weighted by Gasteiger charge is -2.11. The molecule has 5 nitrogen and oxygen atoms in total. The minimum atomic E-state index is -0.984. The molecular weight excluding hydrogens is 435 g/mol. The van der Waals surface area contributed by atoms with Gasteiger partial charge in [0.25, 0.3) is 0 Å². The number of rotatable bonds is 7. The molecule has 0 saturated heterocycles. The summed E-state index contributed by atoms with van der Waals surface area (Å²) < 4.78 is 7.52. The molecule has 0 fully saturated rings. The van der Waals surface area contributed by atoms with E-state index in [1.54, 1.807) is 25.3 Å². The molecule has 7 heteroatoms. The minimum Gasteiger partial charge on any atom is -0.495 e. The van der Waals surface area contributed by atoms with E-state index in [-0.39, 0.29) is 5.56 Å². The molecule has 0 saturated carbocycles. The summed E-state index contributed by atoms with van der Waals surface area (Å²) in [5.74, 6) is -0.399. The number of hydrogen-bond donors (Lipinski definition) is 2. The second kappa shape index (κ2) is 8.92. The molecular formula is C24H20Cl2N2O3. The van der Waals surface area contributed by atoms with E-state index >= 15 is 0 Å². The van der Waals surface area contributed by atoms with Crippen LogP contribution in [-0.2, 0) is 13.1 Å². The first kappa shape index (κ1) is 21.1. The Hall–Kier alpha value is -3.15. The highest BCUT2D eigenvalue weighted by atomic mass is 35.5. The predicted octanol–water partition coefficient (Wildman–Crippen LogP) is 6.32. The average Bonchev–Trinajstić information content (AvgIpc) is 3.11. The number of anilines is 1. The zero-order valence-electron chi connectivity index (χ0n) is 16.7. The van der Waals surface area contributed by atoms with Crippen molar-refractivity contribution in [2.45, 2.75) is 13.1 Å². The Morgan fingerprint density at radius 1 is 1.06 bits per heavy atom. The number of aromatic nitrogens is 1. The van der Waals surface area contributed by atoms with Crippen molar-refractivity contribution in [3.05, 3.63) is 93.6 Å². The van der Waals surface area contributed by atoms with Gasteiger partial charge in [-0.25, -0.2) is 4.79 Å². The van der Waals surface area contributed by atoms with Crippen LogP contribution in [0.4, 0.5) is 5.69 Å². The van der Waals surface area contributed by atoms with Gasteiger partial charge >= 0.3 is 5.97 Å². The Morgan fingerprint density at radius 3 is 2.61 bits per heavy atom. The van der Waals surface area contributed by atoms with Gasteiger partial charge in [0.1, 0.15) is 5.75 Å². The SMILES string of the molecule is COc1ccc(C(=O)O)cc1NCc1cn(Cc2ccc(Cl)cc2Cl)c2ccccc12. The summed E-state index contributed by atoms with van der Waals surface area (Å²) in [6.07, 6.45) is 2.08. The molecule has 0 aliphatic heterocycles. The molecule has 0 bridgehead atoms. The molecule has 0 aliphatic rings. The number of para-hydroxylation sites is 1. The Kier molecular flexibility index (Phi) is 6.07. The Labute approximate surface area is 189 Å². The maximum atomic E-state index is 11.3. The normalized spacial score (nSPS) is 10.9. The van der Waals surface area contributed by atoms with Crippen molar-refractivity contribution in [2.75, 3.05) is 12.4 Å². The van der Waals surface area contributed by atoms with Gasteiger partial charge in [0, 0.05) is 40.2 Å². The van der Waals surface area contributed by atoms with E-state index in [1.165, 1.54) is 6.07 Å². The molecule has 0 spiro atoms. The van der Waals surface area contributed by atoms with Crippen molar-refractivity contribution in [3.63, 3.8) is 0 Å². The number of halogens is 2. The smallest absolute Gasteiger partial charge is 0.335 e. The summed E-state index contributed by atoms with van der Waals surface area (Å²) in [4.78, 5) is 11.3. The number of fused-ring (bicyclic) bond motifs is 1. The number of carboxylic acid groups (broad SMARTS) is 1. The van der Waals surface area contributed by atoms with Crippen molar-refractivity contribution >= 4 is 45.8 Å². The molecule has 0 unspecified atom stereocenters. The van der Waals surface area contributed by atoms with E-state index in [0.29, 0.717) is 34.6 Å². The largest absolute Gasteiger partial charge is 0.495 e. The molecule has 4 aromatic rings. The first-order valence-electron chi connectivity index (χ1n) is 9.62. The van der Waals surface area contributed by atoms with E-state index in [1.807, 2.05) is 24.3 Å². The number of benzene rings is 3. The van der Waals surface area contributed by atoms with Crippen molar-refractivity contribution < 1.29 is 14.6 Å². The van der Waals surface area contributed by atoms with Crippen LogP contribution in [0.3, 0.4) is 0 Å². The lowest BCUT2D eigenvalue weighted by atomic mass is 10.1. The molecule has 3 aromatic carbocycles. The number of ether oxygens (including phenoxy) is 1. The first-order valence-corrected chi connectivity index (χ1v) is 10.4. The maximum absolute atomic E-state index is 11.3. The standard InChI is InChI=1S/C24H20Cl2N2O3/c1-31-23-9-7-15(24(29)30)10-21(23)27-12-17-14-28(22-5-3-2-4-19(17)22)13-16-6-8-18(25)11-20(16)26/h2-11,14,27H,12-13H2,1H3,(H,29,30). The fraction of sp³-hybridized carbons (Fsp3) is 0.125. The van der Waals surface area contributed by atoms with Crippen molar-refractivity contribution in [1.82, 2.24) is 4.57 Å². The van der Waals surface area contributed by atoms with Crippen LogP contribution in [0.5, 0.6) is 5.75 Å². The van der Waals surface area contributed by atoms with Crippen LogP contribution >= 0.6 is 23.2 Å². The zero-order chi connectivity index (χ0) is 22.0. The summed E-state index contributed by atoms with van der Waals surface area (Å²) in [6.45, 7) is 1.11. The van der Waals surface area contributed by atoms with Gasteiger partial charge in [-0.15, -0.1) is 0 Å². The summed E-state index contributed by atoms with van der Waals surface area (Å²) in [5.41, 5.74) is 3.95. The van der Waals surface area contributed by atoms with Gasteiger partial charge in [-0.2, -0.15) is 0 Å². The highest BCUT2D eigenvalue weighted by Gasteiger charge is 2.13. The van der Waals surface area contributed by atoms with E-state index < -0.39 is 5.97 Å². The number of carbonyl (C=O) groups is 1. The number of aromatic carboxylic acids is 1. The van der Waals surface area contributed by atoms with Gasteiger partial charge in [-0.05, 0) is 47.5 Å². The molecule has 4 rings (SSSR count). The van der Waals surface area contributed by atoms with Gasteiger partial charge in [0.15, 0.2) is 0 Å². The van der Waals surface area contributed by atoms with E-state index in [9.17, 15) is 9.90 Å². The number of nitrogens with zero attached hydrogens (tertiary/aromatic N) is 1. The third kappa shape index (κ3) is 4.48. The lowest BCUT2D eigenvalue weighted by molar-refractivity contribution is 0.0697. The molecule has 31 heavy (non-hydrogen) atoms. The summed E-state index contributed by atoms with van der Waals surface area (Å²) in [7, 11) is 1.56. The summed E-state index contributed by atoms with van der Waals surface area (Å²) >= 11 is 12.4. The van der Waals surface area contributed by atoms with E-state index in [4.69, 9.17) is 27.9 Å². The van der Waals surface area contributed by atoms with Gasteiger partial charge in [0.2, 0.25) is 0 Å². The molecule has 158 valence electrons. The molecule has 1 heterocycles. The second-order valence-corrected chi connectivity index (χ2v) is 7.95. The van der Waals surface area contributed by atoms with E-state index in [0.717, 1.165) is 22.0 Å². The van der Waals surface area contributed by atoms with Crippen molar-refractivity contribution in [3.8, 4) is 5.75 Å². The molecule has 0 amide bonds. The van der Waals surface area contributed by atoms with Crippen LogP contribution in [0, 0.1) is 0 Å². The van der Waals surface area contributed by atoms with Crippen LogP contribution in [0.1, 0.15) is 21.5 Å². The Balaban J connectivity index is 1.65. The monoisotopic (exact) mass is 454 g/mol. The zero-order valence-corrected chi connectivity index (χ0v) is 18.2. The third-order valence-corrected chi connectivity index (χ3v) is 5.73. The van der Waals surface area contributed by atoms with Crippen molar-refractivity contribution in [1.29, 1.82) is 0 Å². The third-order valence-electron chi connectivity index (χ3n) is 5.14. The molecule has 2 N–H and O–H groups in total. The predicted molar refractivity (Wildman–Crippen MR) is 125 cm³/mol. The van der Waals surface area contributed by atoms with Crippen LogP contribution < -0.4 is 10.1 Å². The van der Waals surface area contributed by atoms with Crippen LogP contribution in [0.15, 0.2) is 66.9 Å². The quantitative estimate of drug-likeness (QED) is 0.343. The second-order valence-electron chi connectivity index (χ2n) is 7.11. The van der Waals surface area contributed by atoms with Gasteiger partial charge < -0.3 is 19.7 Å². The number of carboxylic acids is 1. The van der Waals surface area contributed by atoms with E-state index in [2.05, 4.69) is 28.2 Å². The summed E-state index contributed by atoms with van der Waals surface area (Å²) in [6, 6.07) is 18.4. The molecule has 0 aliphatic carbocycles. The Bertz CT molecular complexity index is 1270. The van der Waals surface area contributed by atoms with Gasteiger partial charge in [-0.3, -0.25) is 0 Å². The average molecular weight is 455 g/mol. The molecule has 1 aromatic heterocycles. The van der Waals surface area contributed by atoms with Gasteiger partial charge in [-0.1, -0.05) is 47.5 Å². The fourth-order valence-electron chi connectivity index (χ4n) is 3.60. The fourth-order valence-corrected chi connectivity index (χ4v) is 4.07. The highest BCUT2D eigenvalue weighted by molar-refractivity contribution is 6.35. The van der Waals surface area contributed by atoms with Gasteiger partial charge in [0.05, 0.1) is 18.4 Å². The lowest BCUT2D eigenvalue weighted by Crippen LogP contribution is -2.04. The minimum absolute atomic E-state index is 0.197. The van der Waals surface area contributed by atoms with Crippen LogP contribution in [0.2, 0.25) is 10.0 Å². The number of nitrogens with one attached hydrogen (secondary N) is 1. The Morgan fingerprint density at radius 2 is 1.87 bits per heavy atom. The number of methoxy groups -OCH3 is 1.